The van der Waals surface area contributed by atoms with Crippen LogP contribution in [0.1, 0.15) is 16.1 Å². The summed E-state index contributed by atoms with van der Waals surface area (Å²) >= 11 is 0. The maximum atomic E-state index is 13.5. The highest BCUT2D eigenvalue weighted by Crippen LogP contribution is 2.16. The van der Waals surface area contributed by atoms with Crippen LogP contribution >= 0.6 is 0 Å². The van der Waals surface area contributed by atoms with Crippen LogP contribution in [0.15, 0.2) is 54.9 Å². The third-order valence-electron chi connectivity index (χ3n) is 3.44. The molecule has 0 aliphatic carbocycles. The summed E-state index contributed by atoms with van der Waals surface area (Å²) in [5, 5.41) is 9.57. The van der Waals surface area contributed by atoms with Crippen molar-refractivity contribution in [2.75, 3.05) is 6.54 Å². The summed E-state index contributed by atoms with van der Waals surface area (Å²) in [6.45, 7) is 0.351. The number of hydrogen-bond donors (Lipinski definition) is 2. The van der Waals surface area contributed by atoms with Crippen LogP contribution in [0.5, 0.6) is 0 Å². The number of H-pyrrole nitrogens is 1. The Labute approximate surface area is 132 Å². The average Bonchev–Trinajstić information content (AvgIpc) is 3.07. The molecule has 3 aromatic rings. The molecule has 1 aromatic carbocycles. The van der Waals surface area contributed by atoms with E-state index >= 15 is 0 Å². The van der Waals surface area contributed by atoms with Crippen molar-refractivity contribution in [2.24, 2.45) is 0 Å². The van der Waals surface area contributed by atoms with Crippen LogP contribution in [0.2, 0.25) is 0 Å². The van der Waals surface area contributed by atoms with Crippen molar-refractivity contribution in [1.82, 2.24) is 20.5 Å². The molecule has 5 nitrogen and oxygen atoms in total. The van der Waals surface area contributed by atoms with Gasteiger partial charge in [-0.3, -0.25) is 14.9 Å². The van der Waals surface area contributed by atoms with Gasteiger partial charge in [0, 0.05) is 24.5 Å². The van der Waals surface area contributed by atoms with Crippen LogP contribution in [0, 0.1) is 5.82 Å². The lowest BCUT2D eigenvalue weighted by atomic mass is 10.1. The minimum atomic E-state index is -0.269. The van der Waals surface area contributed by atoms with Crippen molar-refractivity contribution < 1.29 is 9.18 Å². The second-order valence-corrected chi connectivity index (χ2v) is 5.00. The van der Waals surface area contributed by atoms with Crippen LogP contribution in [0.25, 0.3) is 11.3 Å². The minimum Gasteiger partial charge on any atom is -0.350 e. The van der Waals surface area contributed by atoms with E-state index in [2.05, 4.69) is 20.5 Å². The number of amides is 1. The number of aromatic amines is 1. The molecule has 1 amide bonds. The standard InChI is InChI=1S/C17H15FN4O/c18-14-4-2-1-3-12(14)7-10-20-17(23)16-11-15(21-22-16)13-5-8-19-9-6-13/h1-6,8-9,11H,7,10H2,(H,20,23)(H,21,22). The van der Waals surface area contributed by atoms with Gasteiger partial charge in [-0.2, -0.15) is 5.10 Å². The SMILES string of the molecule is O=C(NCCc1ccccc1F)c1cc(-c2ccncc2)n[nH]1. The van der Waals surface area contributed by atoms with E-state index in [1.807, 2.05) is 12.1 Å². The van der Waals surface area contributed by atoms with E-state index < -0.39 is 0 Å². The molecule has 2 N–H and O–H groups in total. The Kier molecular flexibility index (Phi) is 4.42. The molecule has 0 aliphatic rings. The molecule has 0 radical (unpaired) electrons. The highest BCUT2D eigenvalue weighted by atomic mass is 19.1. The van der Waals surface area contributed by atoms with E-state index in [1.165, 1.54) is 6.07 Å². The largest absolute Gasteiger partial charge is 0.350 e. The number of halogens is 1. The van der Waals surface area contributed by atoms with Crippen molar-refractivity contribution in [2.45, 2.75) is 6.42 Å². The predicted molar refractivity (Wildman–Crippen MR) is 84.3 cm³/mol. The average molecular weight is 310 g/mol. The molecule has 0 saturated carbocycles. The van der Waals surface area contributed by atoms with Gasteiger partial charge in [0.2, 0.25) is 0 Å². The highest BCUT2D eigenvalue weighted by Gasteiger charge is 2.11. The summed E-state index contributed by atoms with van der Waals surface area (Å²) in [6.07, 6.45) is 3.76. The second-order valence-electron chi connectivity index (χ2n) is 5.00. The zero-order valence-corrected chi connectivity index (χ0v) is 12.3. The van der Waals surface area contributed by atoms with Gasteiger partial charge < -0.3 is 5.32 Å². The summed E-state index contributed by atoms with van der Waals surface area (Å²) < 4.78 is 13.5. The summed E-state index contributed by atoms with van der Waals surface area (Å²) in [7, 11) is 0. The molecule has 6 heteroatoms. The quantitative estimate of drug-likeness (QED) is 0.761. The minimum absolute atomic E-state index is 0.261. The predicted octanol–water partition coefficient (Wildman–Crippen LogP) is 2.58. The monoisotopic (exact) mass is 310 g/mol. The molecular weight excluding hydrogens is 295 g/mol. The van der Waals surface area contributed by atoms with Crippen molar-refractivity contribution >= 4 is 5.91 Å². The first kappa shape index (κ1) is 14.9. The maximum absolute atomic E-state index is 13.5. The fourth-order valence-electron chi connectivity index (χ4n) is 2.22. The number of pyridine rings is 1. The van der Waals surface area contributed by atoms with E-state index in [0.29, 0.717) is 29.9 Å². The van der Waals surface area contributed by atoms with Crippen LogP contribution in [-0.4, -0.2) is 27.6 Å². The molecule has 0 bridgehead atoms. The van der Waals surface area contributed by atoms with Gasteiger partial charge in [-0.05, 0) is 36.2 Å². The molecule has 0 unspecified atom stereocenters. The van der Waals surface area contributed by atoms with Crippen LogP contribution < -0.4 is 5.32 Å². The summed E-state index contributed by atoms with van der Waals surface area (Å²) in [4.78, 5) is 16.0. The van der Waals surface area contributed by atoms with Gasteiger partial charge in [0.25, 0.3) is 5.91 Å². The molecule has 2 aromatic heterocycles. The molecule has 0 fully saturated rings. The van der Waals surface area contributed by atoms with Crippen LogP contribution in [-0.2, 0) is 6.42 Å². The van der Waals surface area contributed by atoms with Gasteiger partial charge in [-0.25, -0.2) is 4.39 Å². The molecular formula is C17H15FN4O. The highest BCUT2D eigenvalue weighted by molar-refractivity contribution is 5.93. The summed E-state index contributed by atoms with van der Waals surface area (Å²) in [6, 6.07) is 11.8. The molecule has 0 atom stereocenters. The molecule has 3 rings (SSSR count). The van der Waals surface area contributed by atoms with Gasteiger partial charge in [-0.15, -0.1) is 0 Å². The number of hydrogen-bond acceptors (Lipinski definition) is 3. The third-order valence-corrected chi connectivity index (χ3v) is 3.44. The third kappa shape index (κ3) is 3.60. The number of carbonyl (C=O) groups is 1. The van der Waals surface area contributed by atoms with E-state index in [-0.39, 0.29) is 11.7 Å². The normalized spacial score (nSPS) is 10.5. The molecule has 0 spiro atoms. The second kappa shape index (κ2) is 6.83. The zero-order valence-electron chi connectivity index (χ0n) is 12.3. The number of aromatic nitrogens is 3. The van der Waals surface area contributed by atoms with Gasteiger partial charge in [-0.1, -0.05) is 18.2 Å². The van der Waals surface area contributed by atoms with Crippen LogP contribution in [0.4, 0.5) is 4.39 Å². The molecule has 116 valence electrons. The van der Waals surface area contributed by atoms with Gasteiger partial charge in [0.1, 0.15) is 11.5 Å². The number of rotatable bonds is 5. The Morgan fingerprint density at radius 1 is 1.17 bits per heavy atom. The van der Waals surface area contributed by atoms with Crippen molar-refractivity contribution in [3.8, 4) is 11.3 Å². The first-order valence-corrected chi connectivity index (χ1v) is 7.21. The number of nitrogens with one attached hydrogen (secondary N) is 2. The Morgan fingerprint density at radius 2 is 1.96 bits per heavy atom. The summed E-state index contributed by atoms with van der Waals surface area (Å²) in [5.41, 5.74) is 2.49. The Hall–Kier alpha value is -3.02. The zero-order chi connectivity index (χ0) is 16.1. The van der Waals surface area contributed by atoms with Gasteiger partial charge in [0.15, 0.2) is 0 Å². The molecule has 0 aliphatic heterocycles. The van der Waals surface area contributed by atoms with Crippen molar-refractivity contribution in [3.63, 3.8) is 0 Å². The fourth-order valence-corrected chi connectivity index (χ4v) is 2.22. The van der Waals surface area contributed by atoms with Gasteiger partial charge >= 0.3 is 0 Å². The lowest BCUT2D eigenvalue weighted by Crippen LogP contribution is -2.26. The number of benzene rings is 1. The topological polar surface area (TPSA) is 70.7 Å². The maximum Gasteiger partial charge on any atom is 0.269 e. The van der Waals surface area contributed by atoms with E-state index in [1.54, 1.807) is 36.7 Å². The van der Waals surface area contributed by atoms with E-state index in [0.717, 1.165) is 5.56 Å². The first-order valence-electron chi connectivity index (χ1n) is 7.21. The van der Waals surface area contributed by atoms with Gasteiger partial charge in [0.05, 0.1) is 5.69 Å². The lowest BCUT2D eigenvalue weighted by Gasteiger charge is -2.04. The molecule has 0 saturated heterocycles. The smallest absolute Gasteiger partial charge is 0.269 e. The van der Waals surface area contributed by atoms with E-state index in [4.69, 9.17) is 0 Å². The number of nitrogens with zero attached hydrogens (tertiary/aromatic N) is 2. The molecule has 2 heterocycles. The molecule has 23 heavy (non-hydrogen) atoms. The fraction of sp³-hybridized carbons (Fsp3) is 0.118. The Morgan fingerprint density at radius 3 is 2.74 bits per heavy atom. The Balaban J connectivity index is 1.59. The lowest BCUT2D eigenvalue weighted by molar-refractivity contribution is 0.0949. The van der Waals surface area contributed by atoms with Crippen LogP contribution in [0.3, 0.4) is 0 Å². The van der Waals surface area contributed by atoms with Crippen molar-refractivity contribution in [1.29, 1.82) is 0 Å². The number of carbonyl (C=O) groups excluding carboxylic acids is 1. The Bertz CT molecular complexity index is 801. The first-order chi connectivity index (χ1) is 11.2. The van der Waals surface area contributed by atoms with Crippen molar-refractivity contribution in [3.05, 3.63) is 71.9 Å². The van der Waals surface area contributed by atoms with E-state index in [9.17, 15) is 9.18 Å². The summed E-state index contributed by atoms with van der Waals surface area (Å²) in [5.74, 6) is -0.530.